The van der Waals surface area contributed by atoms with E-state index in [1.807, 2.05) is 0 Å². The molecule has 0 radical (unpaired) electrons. The maximum Gasteiger partial charge on any atom is 0.425 e. The number of aromatic nitrogens is 1. The zero-order chi connectivity index (χ0) is 23.7. The van der Waals surface area contributed by atoms with Crippen LogP contribution >= 0.6 is 0 Å². The van der Waals surface area contributed by atoms with Gasteiger partial charge >= 0.3 is 12.4 Å². The number of hydrogen-bond donors (Lipinski definition) is 0. The summed E-state index contributed by atoms with van der Waals surface area (Å²) in [7, 11) is 0. The van der Waals surface area contributed by atoms with Gasteiger partial charge in [0.15, 0.2) is 17.7 Å². The number of amides is 1. The first kappa shape index (κ1) is 23.6. The van der Waals surface area contributed by atoms with E-state index in [2.05, 4.69) is 4.98 Å². The van der Waals surface area contributed by atoms with E-state index in [4.69, 9.17) is 4.74 Å². The van der Waals surface area contributed by atoms with Crippen molar-refractivity contribution in [2.45, 2.75) is 25.4 Å². The lowest BCUT2D eigenvalue weighted by Crippen LogP contribution is -2.49. The summed E-state index contributed by atoms with van der Waals surface area (Å²) in [5.41, 5.74) is -1.08. The second kappa shape index (κ2) is 8.83. The Labute approximate surface area is 178 Å². The van der Waals surface area contributed by atoms with Crippen molar-refractivity contribution in [3.63, 3.8) is 0 Å². The Morgan fingerprint density at radius 3 is 2.28 bits per heavy atom. The van der Waals surface area contributed by atoms with Gasteiger partial charge in [0.1, 0.15) is 5.75 Å². The smallest absolute Gasteiger partial charge is 0.425 e. The summed E-state index contributed by atoms with van der Waals surface area (Å²) < 4.78 is 95.0. The molecule has 0 saturated carbocycles. The quantitative estimate of drug-likeness (QED) is 0.623. The first-order valence-electron chi connectivity index (χ1n) is 9.46. The maximum atomic E-state index is 14.1. The van der Waals surface area contributed by atoms with Crippen LogP contribution in [0.15, 0.2) is 36.5 Å². The van der Waals surface area contributed by atoms with Gasteiger partial charge in [0, 0.05) is 37.9 Å². The van der Waals surface area contributed by atoms with Crippen LogP contribution in [0.3, 0.4) is 0 Å². The van der Waals surface area contributed by atoms with Gasteiger partial charge in [-0.2, -0.15) is 26.3 Å². The zero-order valence-electron chi connectivity index (χ0n) is 16.7. The van der Waals surface area contributed by atoms with Crippen LogP contribution in [0.2, 0.25) is 0 Å². The summed E-state index contributed by atoms with van der Waals surface area (Å²) in [5.74, 6) is -1.95. The average molecular weight is 465 g/mol. The van der Waals surface area contributed by atoms with Gasteiger partial charge in [0.2, 0.25) is 0 Å². The molecule has 3 rings (SSSR count). The van der Waals surface area contributed by atoms with Crippen molar-refractivity contribution < 1.29 is 40.3 Å². The van der Waals surface area contributed by atoms with Gasteiger partial charge < -0.3 is 14.5 Å². The lowest BCUT2D eigenvalue weighted by Gasteiger charge is -2.35. The fourth-order valence-corrected chi connectivity index (χ4v) is 3.10. The van der Waals surface area contributed by atoms with Crippen LogP contribution in [0.5, 0.6) is 5.75 Å². The minimum Gasteiger partial charge on any atom is -0.481 e. The molecule has 174 valence electrons. The summed E-state index contributed by atoms with van der Waals surface area (Å²) in [4.78, 5) is 19.1. The third-order valence-electron chi connectivity index (χ3n) is 4.87. The van der Waals surface area contributed by atoms with Crippen molar-refractivity contribution in [3.05, 3.63) is 53.5 Å². The number of benzene rings is 1. The van der Waals surface area contributed by atoms with Crippen molar-refractivity contribution >= 4 is 11.7 Å². The van der Waals surface area contributed by atoms with Crippen molar-refractivity contribution in [2.75, 3.05) is 31.1 Å². The van der Waals surface area contributed by atoms with Crippen molar-refractivity contribution in [2.24, 2.45) is 0 Å². The van der Waals surface area contributed by atoms with E-state index < -0.39 is 35.7 Å². The highest BCUT2D eigenvalue weighted by Crippen LogP contribution is 2.31. The topological polar surface area (TPSA) is 45.7 Å². The first-order chi connectivity index (χ1) is 14.9. The number of nitrogens with zero attached hydrogens (tertiary/aromatic N) is 3. The highest BCUT2D eigenvalue weighted by molar-refractivity contribution is 5.94. The Bertz CT molecular complexity index is 970. The molecule has 1 aromatic heterocycles. The number of carbonyl (C=O) groups excluding carboxylic acids is 1. The standard InChI is InChI=1S/C20H18F7N3O2/c1-12(19(22,23)24)32-15-4-2-3-13(9-15)18(31)30-7-5-29(6-8-30)17-16(21)10-14(11-28-17)20(25,26)27/h2-4,9-12H,5-8H2,1H3/t12-/m1/s1. The Morgan fingerprint density at radius 1 is 1.06 bits per heavy atom. The second-order valence-corrected chi connectivity index (χ2v) is 7.14. The van der Waals surface area contributed by atoms with Crippen molar-refractivity contribution in [3.8, 4) is 5.75 Å². The highest BCUT2D eigenvalue weighted by Gasteiger charge is 2.38. The minimum absolute atomic E-state index is 0.113. The molecule has 0 N–H and O–H groups in total. The number of carbonyl (C=O) groups is 1. The minimum atomic E-state index is -4.71. The first-order valence-corrected chi connectivity index (χ1v) is 9.46. The molecule has 32 heavy (non-hydrogen) atoms. The molecular formula is C20H18F7N3O2. The van der Waals surface area contributed by atoms with Gasteiger partial charge in [-0.15, -0.1) is 0 Å². The van der Waals surface area contributed by atoms with E-state index in [0.717, 1.165) is 6.92 Å². The monoisotopic (exact) mass is 465 g/mol. The number of ether oxygens (including phenoxy) is 1. The number of alkyl halides is 6. The summed E-state index contributed by atoms with van der Waals surface area (Å²) in [6.45, 7) is 1.31. The van der Waals surface area contributed by atoms with Crippen LogP contribution in [0.4, 0.5) is 36.6 Å². The largest absolute Gasteiger partial charge is 0.481 e. The van der Waals surface area contributed by atoms with Crippen LogP contribution in [-0.4, -0.2) is 54.3 Å². The summed E-state index contributed by atoms with van der Waals surface area (Å²) in [6, 6.07) is 5.69. The fourth-order valence-electron chi connectivity index (χ4n) is 3.10. The predicted molar refractivity (Wildman–Crippen MR) is 99.9 cm³/mol. The van der Waals surface area contributed by atoms with E-state index >= 15 is 0 Å². The molecule has 5 nitrogen and oxygen atoms in total. The third kappa shape index (κ3) is 5.40. The van der Waals surface area contributed by atoms with Gasteiger partial charge in [-0.1, -0.05) is 6.07 Å². The van der Waals surface area contributed by atoms with Crippen LogP contribution in [0.25, 0.3) is 0 Å². The molecule has 2 aromatic rings. The van der Waals surface area contributed by atoms with E-state index in [1.54, 1.807) is 0 Å². The van der Waals surface area contributed by atoms with E-state index in [9.17, 15) is 35.5 Å². The van der Waals surface area contributed by atoms with Crippen LogP contribution < -0.4 is 9.64 Å². The second-order valence-electron chi connectivity index (χ2n) is 7.14. The lowest BCUT2D eigenvalue weighted by molar-refractivity contribution is -0.189. The number of halogens is 7. The van der Waals surface area contributed by atoms with Gasteiger partial charge in [-0.05, 0) is 31.2 Å². The molecule has 2 heterocycles. The van der Waals surface area contributed by atoms with Crippen LogP contribution in [0.1, 0.15) is 22.8 Å². The zero-order valence-corrected chi connectivity index (χ0v) is 16.7. The van der Waals surface area contributed by atoms with Crippen LogP contribution in [0, 0.1) is 5.82 Å². The molecule has 1 saturated heterocycles. The lowest BCUT2D eigenvalue weighted by atomic mass is 10.1. The maximum absolute atomic E-state index is 14.1. The summed E-state index contributed by atoms with van der Waals surface area (Å²) >= 11 is 0. The molecule has 1 amide bonds. The molecular weight excluding hydrogens is 447 g/mol. The van der Waals surface area contributed by atoms with E-state index in [1.165, 1.54) is 34.1 Å². The van der Waals surface area contributed by atoms with Gasteiger partial charge in [0.25, 0.3) is 5.91 Å². The number of piperazine rings is 1. The molecule has 1 aliphatic rings. The molecule has 1 aromatic carbocycles. The molecule has 0 unspecified atom stereocenters. The van der Waals surface area contributed by atoms with E-state index in [-0.39, 0.29) is 43.3 Å². The van der Waals surface area contributed by atoms with E-state index in [0.29, 0.717) is 12.3 Å². The molecule has 0 bridgehead atoms. The van der Waals surface area contributed by atoms with Crippen LogP contribution in [-0.2, 0) is 6.18 Å². The fraction of sp³-hybridized carbons (Fsp3) is 0.400. The Balaban J connectivity index is 1.64. The Kier molecular flexibility index (Phi) is 6.51. The molecule has 0 aliphatic carbocycles. The molecule has 1 aliphatic heterocycles. The normalized spacial score (nSPS) is 16.1. The average Bonchev–Trinajstić information content (AvgIpc) is 2.72. The SMILES string of the molecule is C[C@@H](Oc1cccc(C(=O)N2CCN(c3ncc(C(F)(F)F)cc3F)CC2)c1)C(F)(F)F. The summed E-state index contributed by atoms with van der Waals surface area (Å²) in [5, 5.41) is 0. The van der Waals surface area contributed by atoms with Gasteiger partial charge in [-0.25, -0.2) is 9.37 Å². The van der Waals surface area contributed by atoms with Gasteiger partial charge in [-0.3, -0.25) is 4.79 Å². The van der Waals surface area contributed by atoms with Gasteiger partial charge in [0.05, 0.1) is 5.56 Å². The van der Waals surface area contributed by atoms with Crippen molar-refractivity contribution in [1.29, 1.82) is 0 Å². The molecule has 1 fully saturated rings. The predicted octanol–water partition coefficient (Wildman–Crippen LogP) is 4.53. The molecule has 0 spiro atoms. The number of pyridine rings is 1. The highest BCUT2D eigenvalue weighted by atomic mass is 19.4. The Morgan fingerprint density at radius 2 is 1.72 bits per heavy atom. The molecule has 12 heteroatoms. The number of anilines is 1. The third-order valence-corrected chi connectivity index (χ3v) is 4.87. The molecule has 1 atom stereocenters. The number of hydrogen-bond acceptors (Lipinski definition) is 4. The number of rotatable bonds is 4. The Hall–Kier alpha value is -3.05. The summed E-state index contributed by atoms with van der Waals surface area (Å²) in [6.07, 6.45) is -10.8. The van der Waals surface area contributed by atoms with Crippen molar-refractivity contribution in [1.82, 2.24) is 9.88 Å².